The predicted octanol–water partition coefficient (Wildman–Crippen LogP) is 4.49. The van der Waals surface area contributed by atoms with E-state index in [4.69, 9.17) is 16.3 Å². The molecule has 0 saturated carbocycles. The maximum atomic E-state index is 12.8. The molecule has 30 heavy (non-hydrogen) atoms. The Balaban J connectivity index is 1.46. The number of rotatable bonds is 6. The van der Waals surface area contributed by atoms with Crippen molar-refractivity contribution in [3.05, 3.63) is 64.2 Å². The van der Waals surface area contributed by atoms with Crippen LogP contribution < -0.4 is 4.74 Å². The van der Waals surface area contributed by atoms with E-state index < -0.39 is 0 Å². The van der Waals surface area contributed by atoms with Gasteiger partial charge in [0, 0.05) is 32.6 Å². The average molecular weight is 429 g/mol. The zero-order valence-electron chi connectivity index (χ0n) is 17.7. The van der Waals surface area contributed by atoms with Gasteiger partial charge in [-0.1, -0.05) is 41.9 Å². The highest BCUT2D eigenvalue weighted by Crippen LogP contribution is 2.22. The van der Waals surface area contributed by atoms with E-state index in [0.717, 1.165) is 23.3 Å². The third kappa shape index (κ3) is 5.54. The normalized spacial score (nSPS) is 14.4. The third-order valence-electron chi connectivity index (χ3n) is 5.43. The Morgan fingerprint density at radius 2 is 1.60 bits per heavy atom. The zero-order chi connectivity index (χ0) is 21.5. The molecule has 3 rings (SSSR count). The Kier molecular flexibility index (Phi) is 7.75. The van der Waals surface area contributed by atoms with Crippen molar-refractivity contribution >= 4 is 23.4 Å². The van der Waals surface area contributed by atoms with Crippen molar-refractivity contribution in [3.8, 4) is 5.75 Å². The first kappa shape index (κ1) is 22.2. The first-order valence-corrected chi connectivity index (χ1v) is 10.9. The molecule has 1 saturated heterocycles. The zero-order valence-corrected chi connectivity index (χ0v) is 18.5. The average Bonchev–Trinajstić information content (AvgIpc) is 2.99. The minimum Gasteiger partial charge on any atom is -0.493 e. The van der Waals surface area contributed by atoms with Gasteiger partial charge >= 0.3 is 0 Å². The van der Waals surface area contributed by atoms with Crippen LogP contribution >= 0.6 is 11.6 Å². The molecule has 0 aliphatic carbocycles. The second kappa shape index (κ2) is 10.5. The van der Waals surface area contributed by atoms with Gasteiger partial charge in [-0.15, -0.1) is 0 Å². The summed E-state index contributed by atoms with van der Waals surface area (Å²) >= 11 is 6.17. The van der Waals surface area contributed by atoms with Crippen LogP contribution in [-0.4, -0.2) is 54.4 Å². The Bertz CT molecular complexity index is 880. The third-order valence-corrected chi connectivity index (χ3v) is 5.76. The van der Waals surface area contributed by atoms with Gasteiger partial charge in [-0.3, -0.25) is 9.59 Å². The topological polar surface area (TPSA) is 49.9 Å². The Labute approximate surface area is 183 Å². The van der Waals surface area contributed by atoms with Gasteiger partial charge in [0.15, 0.2) is 0 Å². The lowest BCUT2D eigenvalue weighted by Crippen LogP contribution is -2.37. The molecule has 1 fully saturated rings. The van der Waals surface area contributed by atoms with Gasteiger partial charge in [-0.2, -0.15) is 0 Å². The summed E-state index contributed by atoms with van der Waals surface area (Å²) in [5.41, 5.74) is 2.73. The second-order valence-corrected chi connectivity index (χ2v) is 8.09. The van der Waals surface area contributed by atoms with Gasteiger partial charge in [0.1, 0.15) is 5.75 Å². The molecule has 0 bridgehead atoms. The Morgan fingerprint density at radius 1 is 0.933 bits per heavy atom. The van der Waals surface area contributed by atoms with Gasteiger partial charge in [0.25, 0.3) is 5.91 Å². The van der Waals surface area contributed by atoms with Crippen LogP contribution in [0.3, 0.4) is 0 Å². The molecule has 160 valence electrons. The molecule has 0 atom stereocenters. The molecule has 0 N–H and O–H groups in total. The quantitative estimate of drug-likeness (QED) is 0.637. The summed E-state index contributed by atoms with van der Waals surface area (Å²) in [6.07, 6.45) is 1.88. The fourth-order valence-electron chi connectivity index (χ4n) is 3.76. The summed E-state index contributed by atoms with van der Waals surface area (Å²) in [5.74, 6) is 0.956. The van der Waals surface area contributed by atoms with Crippen LogP contribution in [0.4, 0.5) is 0 Å². The maximum Gasteiger partial charge on any atom is 0.255 e. The second-order valence-electron chi connectivity index (χ2n) is 7.68. The molecule has 2 aromatic carbocycles. The van der Waals surface area contributed by atoms with Crippen LogP contribution in [0, 0.1) is 13.8 Å². The van der Waals surface area contributed by atoms with E-state index in [9.17, 15) is 9.59 Å². The SMILES string of the molecule is Cc1cccc(C)c1OCCCC(=O)N1CCCN(C(=O)c2ccccc2Cl)CC1. The van der Waals surface area contributed by atoms with E-state index >= 15 is 0 Å². The first-order valence-electron chi connectivity index (χ1n) is 10.5. The number of ether oxygens (including phenoxy) is 1. The van der Waals surface area contributed by atoms with E-state index in [-0.39, 0.29) is 11.8 Å². The Hall–Kier alpha value is -2.53. The molecule has 0 radical (unpaired) electrons. The van der Waals surface area contributed by atoms with Crippen LogP contribution in [0.2, 0.25) is 5.02 Å². The number of hydrogen-bond donors (Lipinski definition) is 0. The van der Waals surface area contributed by atoms with E-state index in [1.165, 1.54) is 0 Å². The van der Waals surface area contributed by atoms with Crippen molar-refractivity contribution in [2.75, 3.05) is 32.8 Å². The molecule has 1 aliphatic rings. The standard InChI is InChI=1S/C24H29ClN2O3/c1-18-8-5-9-19(2)23(18)30-17-6-12-22(28)26-13-7-14-27(16-15-26)24(29)20-10-3-4-11-21(20)25/h3-5,8-11H,6-7,12-17H2,1-2H3. The van der Waals surface area contributed by atoms with Crippen LogP contribution in [0.1, 0.15) is 40.7 Å². The summed E-state index contributed by atoms with van der Waals surface area (Å²) in [6, 6.07) is 13.2. The van der Waals surface area contributed by atoms with Crippen LogP contribution in [0.5, 0.6) is 5.75 Å². The molecule has 0 spiro atoms. The van der Waals surface area contributed by atoms with Crippen molar-refractivity contribution in [3.63, 3.8) is 0 Å². The smallest absolute Gasteiger partial charge is 0.255 e. The molecule has 2 amide bonds. The highest BCUT2D eigenvalue weighted by Gasteiger charge is 2.23. The Morgan fingerprint density at radius 3 is 2.33 bits per heavy atom. The fourth-order valence-corrected chi connectivity index (χ4v) is 3.97. The maximum absolute atomic E-state index is 12.8. The first-order chi connectivity index (χ1) is 14.5. The number of para-hydroxylation sites is 1. The summed E-state index contributed by atoms with van der Waals surface area (Å²) < 4.78 is 5.90. The summed E-state index contributed by atoms with van der Waals surface area (Å²) in [7, 11) is 0. The van der Waals surface area contributed by atoms with Crippen molar-refractivity contribution in [1.82, 2.24) is 9.80 Å². The molecule has 1 heterocycles. The van der Waals surface area contributed by atoms with Gasteiger partial charge < -0.3 is 14.5 Å². The molecule has 1 aliphatic heterocycles. The van der Waals surface area contributed by atoms with E-state index in [2.05, 4.69) is 0 Å². The lowest BCUT2D eigenvalue weighted by Gasteiger charge is -2.22. The number of carbonyl (C=O) groups excluding carboxylic acids is 2. The van der Waals surface area contributed by atoms with Crippen molar-refractivity contribution < 1.29 is 14.3 Å². The number of carbonyl (C=O) groups is 2. The lowest BCUT2D eigenvalue weighted by atomic mass is 10.1. The summed E-state index contributed by atoms with van der Waals surface area (Å²) in [6.45, 7) is 6.94. The monoisotopic (exact) mass is 428 g/mol. The minimum absolute atomic E-state index is 0.0723. The number of amides is 2. The van der Waals surface area contributed by atoms with Crippen molar-refractivity contribution in [2.45, 2.75) is 33.1 Å². The lowest BCUT2D eigenvalue weighted by molar-refractivity contribution is -0.131. The predicted molar refractivity (Wildman–Crippen MR) is 119 cm³/mol. The van der Waals surface area contributed by atoms with Gasteiger partial charge in [0.2, 0.25) is 5.91 Å². The molecule has 5 nitrogen and oxygen atoms in total. The minimum atomic E-state index is -0.0723. The molecule has 0 unspecified atom stereocenters. The van der Waals surface area contributed by atoms with E-state index in [0.29, 0.717) is 56.2 Å². The van der Waals surface area contributed by atoms with Crippen molar-refractivity contribution in [1.29, 1.82) is 0 Å². The van der Waals surface area contributed by atoms with Crippen LogP contribution in [0.25, 0.3) is 0 Å². The number of benzene rings is 2. The van der Waals surface area contributed by atoms with Gasteiger partial charge in [-0.25, -0.2) is 0 Å². The highest BCUT2D eigenvalue weighted by molar-refractivity contribution is 6.33. The summed E-state index contributed by atoms with van der Waals surface area (Å²) in [4.78, 5) is 29.1. The number of nitrogens with zero attached hydrogens (tertiary/aromatic N) is 2. The van der Waals surface area contributed by atoms with Gasteiger partial charge in [-0.05, 0) is 49.9 Å². The molecular weight excluding hydrogens is 400 g/mol. The molecule has 2 aromatic rings. The largest absolute Gasteiger partial charge is 0.493 e. The highest BCUT2D eigenvalue weighted by atomic mass is 35.5. The summed E-state index contributed by atoms with van der Waals surface area (Å²) in [5, 5.41) is 0.462. The fraction of sp³-hybridized carbons (Fsp3) is 0.417. The van der Waals surface area contributed by atoms with Crippen LogP contribution in [-0.2, 0) is 4.79 Å². The van der Waals surface area contributed by atoms with Crippen molar-refractivity contribution in [2.24, 2.45) is 0 Å². The van der Waals surface area contributed by atoms with E-state index in [1.54, 1.807) is 17.0 Å². The van der Waals surface area contributed by atoms with Gasteiger partial charge in [0.05, 0.1) is 17.2 Å². The van der Waals surface area contributed by atoms with E-state index in [1.807, 2.05) is 49.1 Å². The number of aryl methyl sites for hydroxylation is 2. The number of halogens is 1. The molecule has 6 heteroatoms. The number of hydrogen-bond acceptors (Lipinski definition) is 3. The van der Waals surface area contributed by atoms with Crippen LogP contribution in [0.15, 0.2) is 42.5 Å². The molecule has 0 aromatic heterocycles. The molecular formula is C24H29ClN2O3.